The molecule has 1 N–H and O–H groups in total. The van der Waals surface area contributed by atoms with Crippen molar-refractivity contribution in [3.63, 3.8) is 0 Å². The van der Waals surface area contributed by atoms with E-state index in [-0.39, 0.29) is 6.10 Å². The van der Waals surface area contributed by atoms with E-state index in [1.807, 2.05) is 28.8 Å². The summed E-state index contributed by atoms with van der Waals surface area (Å²) in [6, 6.07) is 10.1. The van der Waals surface area contributed by atoms with Gasteiger partial charge in [0.15, 0.2) is 5.65 Å². The molecule has 0 amide bonds. The SMILES string of the molecule is COc1ccc(-c2cc3nc4c(c(N5CCC(O)CC5)n3n2)CCCC4)cc1. The number of aliphatic hydroxyl groups excluding tert-OH is 1. The Hall–Kier alpha value is -2.60. The first-order valence-electron chi connectivity index (χ1n) is 10.2. The molecule has 2 aromatic heterocycles. The maximum Gasteiger partial charge on any atom is 0.158 e. The van der Waals surface area contributed by atoms with Crippen LogP contribution in [0.3, 0.4) is 0 Å². The van der Waals surface area contributed by atoms with Crippen LogP contribution in [0.2, 0.25) is 0 Å². The van der Waals surface area contributed by atoms with Crippen LogP contribution < -0.4 is 9.64 Å². The van der Waals surface area contributed by atoms with Crippen LogP contribution in [0.25, 0.3) is 16.9 Å². The summed E-state index contributed by atoms with van der Waals surface area (Å²) >= 11 is 0. The number of hydrogen-bond acceptors (Lipinski definition) is 5. The van der Waals surface area contributed by atoms with Gasteiger partial charge in [-0.3, -0.25) is 0 Å². The molecule has 3 aromatic rings. The van der Waals surface area contributed by atoms with E-state index in [9.17, 15) is 5.11 Å². The van der Waals surface area contributed by atoms with Gasteiger partial charge in [0.25, 0.3) is 0 Å². The molecule has 1 aliphatic heterocycles. The number of nitrogens with zero attached hydrogens (tertiary/aromatic N) is 4. The summed E-state index contributed by atoms with van der Waals surface area (Å²) in [5.41, 5.74) is 5.47. The van der Waals surface area contributed by atoms with Crippen molar-refractivity contribution >= 4 is 11.5 Å². The predicted octanol–water partition coefficient (Wildman–Crippen LogP) is 3.24. The zero-order valence-corrected chi connectivity index (χ0v) is 16.3. The summed E-state index contributed by atoms with van der Waals surface area (Å²) in [5, 5.41) is 14.9. The second-order valence-corrected chi connectivity index (χ2v) is 7.81. The highest BCUT2D eigenvalue weighted by atomic mass is 16.5. The third-order valence-electron chi connectivity index (χ3n) is 6.00. The molecule has 1 fully saturated rings. The summed E-state index contributed by atoms with van der Waals surface area (Å²) in [6.45, 7) is 1.73. The van der Waals surface area contributed by atoms with E-state index in [0.717, 1.165) is 61.4 Å². The largest absolute Gasteiger partial charge is 0.497 e. The molecule has 146 valence electrons. The number of methoxy groups -OCH3 is 1. The number of aliphatic hydroxyl groups is 1. The van der Waals surface area contributed by atoms with E-state index in [2.05, 4.69) is 11.0 Å². The molecule has 0 unspecified atom stereocenters. The molecule has 1 aromatic carbocycles. The Kier molecular flexibility index (Phi) is 4.43. The van der Waals surface area contributed by atoms with Gasteiger partial charge in [0.1, 0.15) is 11.6 Å². The van der Waals surface area contributed by atoms with Gasteiger partial charge in [-0.25, -0.2) is 4.98 Å². The molecule has 1 aliphatic carbocycles. The van der Waals surface area contributed by atoms with Crippen molar-refractivity contribution in [3.8, 4) is 17.0 Å². The Morgan fingerprint density at radius 3 is 2.57 bits per heavy atom. The lowest BCUT2D eigenvalue weighted by Crippen LogP contribution is -2.38. The van der Waals surface area contributed by atoms with Gasteiger partial charge < -0.3 is 14.7 Å². The summed E-state index contributed by atoms with van der Waals surface area (Å²) in [4.78, 5) is 7.36. The standard InChI is InChI=1S/C22H26N4O2/c1-28-17-8-6-15(7-9-17)20-14-21-23-19-5-3-2-4-18(19)22(26(21)24-20)25-12-10-16(27)11-13-25/h6-9,14,16,27H,2-5,10-13H2,1H3. The molecular weight excluding hydrogens is 352 g/mol. The van der Waals surface area contributed by atoms with Crippen molar-refractivity contribution in [2.24, 2.45) is 0 Å². The van der Waals surface area contributed by atoms with Crippen LogP contribution in [0.5, 0.6) is 5.75 Å². The molecule has 28 heavy (non-hydrogen) atoms. The molecule has 0 spiro atoms. The van der Waals surface area contributed by atoms with Crippen molar-refractivity contribution in [3.05, 3.63) is 41.6 Å². The van der Waals surface area contributed by atoms with Gasteiger partial charge in [0.05, 0.1) is 18.9 Å². The van der Waals surface area contributed by atoms with Crippen LogP contribution in [-0.4, -0.2) is 46.0 Å². The number of anilines is 1. The number of aryl methyl sites for hydroxylation is 1. The lowest BCUT2D eigenvalue weighted by Gasteiger charge is -2.34. The smallest absolute Gasteiger partial charge is 0.158 e. The zero-order chi connectivity index (χ0) is 19.1. The highest BCUT2D eigenvalue weighted by Crippen LogP contribution is 2.33. The number of fused-ring (bicyclic) bond motifs is 2. The second kappa shape index (κ2) is 7.09. The van der Waals surface area contributed by atoms with Gasteiger partial charge in [-0.15, -0.1) is 0 Å². The van der Waals surface area contributed by atoms with E-state index < -0.39 is 0 Å². The average Bonchev–Trinajstić information content (AvgIpc) is 3.16. The molecule has 6 heteroatoms. The topological polar surface area (TPSA) is 62.9 Å². The summed E-state index contributed by atoms with van der Waals surface area (Å²) in [7, 11) is 1.68. The molecule has 0 radical (unpaired) electrons. The number of piperidine rings is 1. The predicted molar refractivity (Wildman–Crippen MR) is 109 cm³/mol. The highest BCUT2D eigenvalue weighted by Gasteiger charge is 2.26. The minimum atomic E-state index is -0.183. The Labute approximate surface area is 164 Å². The first-order chi connectivity index (χ1) is 13.7. The molecule has 1 saturated heterocycles. The molecule has 0 atom stereocenters. The molecule has 0 bridgehead atoms. The van der Waals surface area contributed by atoms with Crippen LogP contribution >= 0.6 is 0 Å². The minimum absolute atomic E-state index is 0.183. The first kappa shape index (κ1) is 17.5. The van der Waals surface area contributed by atoms with Gasteiger partial charge in [0.2, 0.25) is 0 Å². The Morgan fingerprint density at radius 2 is 1.82 bits per heavy atom. The van der Waals surface area contributed by atoms with Crippen LogP contribution in [0.1, 0.15) is 36.9 Å². The van der Waals surface area contributed by atoms with Crippen LogP contribution in [0.15, 0.2) is 30.3 Å². The van der Waals surface area contributed by atoms with Crippen molar-refractivity contribution in [1.82, 2.24) is 14.6 Å². The number of hydrogen-bond donors (Lipinski definition) is 1. The molecular formula is C22H26N4O2. The van der Waals surface area contributed by atoms with Gasteiger partial charge in [-0.2, -0.15) is 9.61 Å². The van der Waals surface area contributed by atoms with Crippen molar-refractivity contribution in [2.75, 3.05) is 25.1 Å². The van der Waals surface area contributed by atoms with E-state index in [1.54, 1.807) is 7.11 Å². The third-order valence-corrected chi connectivity index (χ3v) is 6.00. The van der Waals surface area contributed by atoms with Gasteiger partial charge in [0, 0.05) is 36.0 Å². The zero-order valence-electron chi connectivity index (χ0n) is 16.3. The normalized spacial score (nSPS) is 17.7. The fourth-order valence-corrected chi connectivity index (χ4v) is 4.43. The number of ether oxygens (including phenoxy) is 1. The van der Waals surface area contributed by atoms with Crippen LogP contribution in [0.4, 0.5) is 5.82 Å². The molecule has 2 aliphatic rings. The second-order valence-electron chi connectivity index (χ2n) is 7.81. The van der Waals surface area contributed by atoms with E-state index in [0.29, 0.717) is 0 Å². The molecule has 5 rings (SSSR count). The summed E-state index contributed by atoms with van der Waals surface area (Å²) < 4.78 is 7.30. The first-order valence-corrected chi connectivity index (χ1v) is 10.2. The number of benzene rings is 1. The lowest BCUT2D eigenvalue weighted by molar-refractivity contribution is 0.145. The van der Waals surface area contributed by atoms with Gasteiger partial charge >= 0.3 is 0 Å². The van der Waals surface area contributed by atoms with E-state index in [4.69, 9.17) is 14.8 Å². The number of aromatic nitrogens is 3. The van der Waals surface area contributed by atoms with Gasteiger partial charge in [-0.1, -0.05) is 0 Å². The third kappa shape index (κ3) is 3.02. The molecule has 0 saturated carbocycles. The average molecular weight is 378 g/mol. The van der Waals surface area contributed by atoms with Crippen molar-refractivity contribution in [2.45, 2.75) is 44.6 Å². The Morgan fingerprint density at radius 1 is 1.07 bits per heavy atom. The highest BCUT2D eigenvalue weighted by molar-refractivity contribution is 5.68. The summed E-state index contributed by atoms with van der Waals surface area (Å²) in [5.74, 6) is 2.03. The monoisotopic (exact) mass is 378 g/mol. The summed E-state index contributed by atoms with van der Waals surface area (Å²) in [6.07, 6.45) is 5.94. The maximum absolute atomic E-state index is 9.95. The van der Waals surface area contributed by atoms with Crippen molar-refractivity contribution in [1.29, 1.82) is 0 Å². The fourth-order valence-electron chi connectivity index (χ4n) is 4.43. The minimum Gasteiger partial charge on any atom is -0.497 e. The molecule has 3 heterocycles. The van der Waals surface area contributed by atoms with Gasteiger partial charge in [-0.05, 0) is 62.8 Å². The fraction of sp³-hybridized carbons (Fsp3) is 0.455. The Balaban J connectivity index is 1.63. The van der Waals surface area contributed by atoms with E-state index >= 15 is 0 Å². The molecule has 6 nitrogen and oxygen atoms in total. The quantitative estimate of drug-likeness (QED) is 0.758. The van der Waals surface area contributed by atoms with Crippen LogP contribution in [-0.2, 0) is 12.8 Å². The van der Waals surface area contributed by atoms with Crippen molar-refractivity contribution < 1.29 is 9.84 Å². The number of rotatable bonds is 3. The maximum atomic E-state index is 9.95. The van der Waals surface area contributed by atoms with Crippen LogP contribution in [0, 0.1) is 0 Å². The lowest BCUT2D eigenvalue weighted by atomic mass is 9.95. The van der Waals surface area contributed by atoms with E-state index in [1.165, 1.54) is 29.9 Å². The Bertz CT molecular complexity index is 988.